The molecule has 144 valence electrons. The Morgan fingerprint density at radius 3 is 2.64 bits per heavy atom. The molecule has 0 aliphatic rings. The number of hydrogen-bond acceptors (Lipinski definition) is 4. The van der Waals surface area contributed by atoms with Gasteiger partial charge in [0.25, 0.3) is 11.8 Å². The molecule has 0 saturated carbocycles. The van der Waals surface area contributed by atoms with Crippen LogP contribution in [0, 0.1) is 12.7 Å². The second kappa shape index (κ2) is 8.22. The molecule has 0 saturated heterocycles. The predicted octanol–water partition coefficient (Wildman–Crippen LogP) is 4.44. The number of benzene rings is 2. The highest BCUT2D eigenvalue weighted by Crippen LogP contribution is 2.33. The van der Waals surface area contributed by atoms with Gasteiger partial charge >= 0.3 is 0 Å². The zero-order valence-electron chi connectivity index (χ0n) is 15.2. The fourth-order valence-electron chi connectivity index (χ4n) is 2.73. The van der Waals surface area contributed by atoms with E-state index in [1.54, 1.807) is 31.2 Å². The molecule has 0 aliphatic carbocycles. The zero-order valence-corrected chi connectivity index (χ0v) is 15.9. The van der Waals surface area contributed by atoms with Gasteiger partial charge in [0.1, 0.15) is 22.8 Å². The first-order valence-electron chi connectivity index (χ1n) is 8.52. The number of aromatic nitrogens is 1. The molecule has 8 heteroatoms. The Morgan fingerprint density at radius 2 is 1.93 bits per heavy atom. The number of amides is 2. The van der Waals surface area contributed by atoms with Crippen LogP contribution in [-0.2, 0) is 0 Å². The van der Waals surface area contributed by atoms with E-state index in [1.807, 2.05) is 6.92 Å². The van der Waals surface area contributed by atoms with Gasteiger partial charge in [0.2, 0.25) is 0 Å². The first kappa shape index (κ1) is 19.6. The normalized spacial score (nSPS) is 10.6. The molecular weight excluding hydrogens is 385 g/mol. The Hall–Kier alpha value is -3.19. The molecule has 0 atom stereocenters. The summed E-state index contributed by atoms with van der Waals surface area (Å²) in [4.78, 5) is 24.8. The number of carbonyl (C=O) groups is 2. The molecule has 0 radical (unpaired) electrons. The minimum Gasteiger partial charge on any atom is -0.360 e. The molecule has 0 aliphatic heterocycles. The van der Waals surface area contributed by atoms with Gasteiger partial charge < -0.3 is 15.2 Å². The molecule has 1 heterocycles. The molecule has 6 nitrogen and oxygen atoms in total. The lowest BCUT2D eigenvalue weighted by molar-refractivity contribution is 0.0954. The second-order valence-corrected chi connectivity index (χ2v) is 6.36. The highest BCUT2D eigenvalue weighted by Gasteiger charge is 2.25. The van der Waals surface area contributed by atoms with Gasteiger partial charge in [-0.05, 0) is 44.2 Å². The van der Waals surface area contributed by atoms with Crippen LogP contribution >= 0.6 is 11.6 Å². The molecule has 0 fully saturated rings. The number of anilines is 1. The predicted molar refractivity (Wildman–Crippen MR) is 104 cm³/mol. The molecule has 0 spiro atoms. The van der Waals surface area contributed by atoms with Crippen molar-refractivity contribution >= 4 is 29.1 Å². The van der Waals surface area contributed by atoms with Crippen molar-refractivity contribution in [2.24, 2.45) is 0 Å². The maximum absolute atomic E-state index is 14.3. The third-order valence-corrected chi connectivity index (χ3v) is 4.32. The van der Waals surface area contributed by atoms with Gasteiger partial charge in [0.15, 0.2) is 0 Å². The Kier molecular flexibility index (Phi) is 5.75. The molecule has 2 amide bonds. The maximum Gasteiger partial charge on any atom is 0.261 e. The first-order chi connectivity index (χ1) is 13.4. The summed E-state index contributed by atoms with van der Waals surface area (Å²) in [5, 5.41) is 9.30. The van der Waals surface area contributed by atoms with E-state index in [4.69, 9.17) is 16.1 Å². The Morgan fingerprint density at radius 1 is 1.18 bits per heavy atom. The zero-order chi connectivity index (χ0) is 20.3. The number of hydrogen-bond donors (Lipinski definition) is 2. The van der Waals surface area contributed by atoms with Crippen LogP contribution < -0.4 is 10.6 Å². The summed E-state index contributed by atoms with van der Waals surface area (Å²) in [5.41, 5.74) is 0.870. The molecule has 3 aromatic rings. The van der Waals surface area contributed by atoms with E-state index in [0.717, 1.165) is 0 Å². The van der Waals surface area contributed by atoms with E-state index in [9.17, 15) is 14.0 Å². The number of carbonyl (C=O) groups excluding carboxylic acids is 2. The summed E-state index contributed by atoms with van der Waals surface area (Å²) >= 11 is 6.10. The van der Waals surface area contributed by atoms with Crippen molar-refractivity contribution in [2.75, 3.05) is 11.9 Å². The Bertz CT molecular complexity index is 1030. The van der Waals surface area contributed by atoms with Gasteiger partial charge in [-0.25, -0.2) is 4.39 Å². The molecule has 0 bridgehead atoms. The fraction of sp³-hybridized carbons (Fsp3) is 0.150. The van der Waals surface area contributed by atoms with Crippen molar-refractivity contribution in [3.05, 3.63) is 70.2 Å². The Labute approximate surface area is 165 Å². The van der Waals surface area contributed by atoms with E-state index >= 15 is 0 Å². The number of rotatable bonds is 5. The molecule has 1 aromatic heterocycles. The number of nitrogens with zero attached hydrogens (tertiary/aromatic N) is 1. The second-order valence-electron chi connectivity index (χ2n) is 5.95. The monoisotopic (exact) mass is 401 g/mol. The van der Waals surface area contributed by atoms with Crippen molar-refractivity contribution < 1.29 is 18.5 Å². The maximum atomic E-state index is 14.3. The lowest BCUT2D eigenvalue weighted by atomic mass is 10.0. The SMILES string of the molecule is CCNC(=O)c1cccc(NC(=O)c2c(-c3c(F)cccc3Cl)noc2C)c1. The molecule has 2 aromatic carbocycles. The van der Waals surface area contributed by atoms with E-state index < -0.39 is 11.7 Å². The summed E-state index contributed by atoms with van der Waals surface area (Å²) < 4.78 is 19.4. The van der Waals surface area contributed by atoms with Gasteiger partial charge in [-0.3, -0.25) is 9.59 Å². The quantitative estimate of drug-likeness (QED) is 0.661. The average molecular weight is 402 g/mol. The van der Waals surface area contributed by atoms with Crippen molar-refractivity contribution in [3.8, 4) is 11.3 Å². The van der Waals surface area contributed by atoms with Crippen molar-refractivity contribution in [1.29, 1.82) is 0 Å². The van der Waals surface area contributed by atoms with Gasteiger partial charge in [-0.2, -0.15) is 0 Å². The topological polar surface area (TPSA) is 84.2 Å². The smallest absolute Gasteiger partial charge is 0.261 e. The standard InChI is InChI=1S/C20H17ClFN3O3/c1-3-23-19(26)12-6-4-7-13(10-12)24-20(27)16-11(2)28-25-18(16)17-14(21)8-5-9-15(17)22/h4-10H,3H2,1-2H3,(H,23,26)(H,24,27). The number of halogens is 2. The summed E-state index contributed by atoms with van der Waals surface area (Å²) in [6, 6.07) is 10.6. The third kappa shape index (κ3) is 3.89. The molecule has 0 unspecified atom stereocenters. The van der Waals surface area contributed by atoms with E-state index in [-0.39, 0.29) is 33.5 Å². The molecule has 28 heavy (non-hydrogen) atoms. The van der Waals surface area contributed by atoms with Crippen LogP contribution in [-0.4, -0.2) is 23.5 Å². The van der Waals surface area contributed by atoms with Gasteiger partial charge in [-0.1, -0.05) is 28.9 Å². The minimum atomic E-state index is -0.618. The Balaban J connectivity index is 1.94. The van der Waals surface area contributed by atoms with Crippen LogP contribution in [0.15, 0.2) is 47.0 Å². The van der Waals surface area contributed by atoms with Gasteiger partial charge in [0.05, 0.1) is 10.6 Å². The first-order valence-corrected chi connectivity index (χ1v) is 8.90. The largest absolute Gasteiger partial charge is 0.360 e. The van der Waals surface area contributed by atoms with Crippen LogP contribution in [0.3, 0.4) is 0 Å². The summed E-state index contributed by atoms with van der Waals surface area (Å²) in [7, 11) is 0. The summed E-state index contributed by atoms with van der Waals surface area (Å²) in [6.07, 6.45) is 0. The van der Waals surface area contributed by atoms with Crippen molar-refractivity contribution in [2.45, 2.75) is 13.8 Å². The highest BCUT2D eigenvalue weighted by molar-refractivity contribution is 6.33. The molecular formula is C20H17ClFN3O3. The lowest BCUT2D eigenvalue weighted by Gasteiger charge is -2.09. The van der Waals surface area contributed by atoms with Crippen LogP contribution in [0.5, 0.6) is 0 Å². The third-order valence-electron chi connectivity index (χ3n) is 4.01. The van der Waals surface area contributed by atoms with Crippen LogP contribution in [0.2, 0.25) is 5.02 Å². The summed E-state index contributed by atoms with van der Waals surface area (Å²) in [5.74, 6) is -1.21. The number of nitrogens with one attached hydrogen (secondary N) is 2. The van der Waals surface area contributed by atoms with Crippen molar-refractivity contribution in [1.82, 2.24) is 10.5 Å². The average Bonchev–Trinajstić information content (AvgIpc) is 3.03. The van der Waals surface area contributed by atoms with E-state index in [2.05, 4.69) is 15.8 Å². The van der Waals surface area contributed by atoms with Crippen LogP contribution in [0.1, 0.15) is 33.4 Å². The van der Waals surface area contributed by atoms with Crippen LogP contribution in [0.4, 0.5) is 10.1 Å². The lowest BCUT2D eigenvalue weighted by Crippen LogP contribution is -2.22. The number of aryl methyl sites for hydroxylation is 1. The van der Waals surface area contributed by atoms with Crippen LogP contribution in [0.25, 0.3) is 11.3 Å². The molecule has 2 N–H and O–H groups in total. The van der Waals surface area contributed by atoms with Crippen molar-refractivity contribution in [3.63, 3.8) is 0 Å². The molecule has 3 rings (SSSR count). The van der Waals surface area contributed by atoms with Gasteiger partial charge in [-0.15, -0.1) is 0 Å². The summed E-state index contributed by atoms with van der Waals surface area (Å²) in [6.45, 7) is 3.85. The minimum absolute atomic E-state index is 0.0118. The van der Waals surface area contributed by atoms with E-state index in [1.165, 1.54) is 18.2 Å². The van der Waals surface area contributed by atoms with E-state index in [0.29, 0.717) is 17.8 Å². The fourth-order valence-corrected chi connectivity index (χ4v) is 2.98. The highest BCUT2D eigenvalue weighted by atomic mass is 35.5. The van der Waals surface area contributed by atoms with Gasteiger partial charge in [0, 0.05) is 17.8 Å².